The molecule has 0 fully saturated rings. The Balaban J connectivity index is 1.62. The molecule has 1 unspecified atom stereocenters. The zero-order valence-electron chi connectivity index (χ0n) is 19.2. The number of nitrogen functional groups attached to an aromatic ring is 1. The van der Waals surface area contributed by atoms with E-state index in [1.807, 2.05) is 49.4 Å². The van der Waals surface area contributed by atoms with Crippen molar-refractivity contribution in [3.05, 3.63) is 112 Å². The van der Waals surface area contributed by atoms with Crippen LogP contribution in [0.25, 0.3) is 16.6 Å². The molecule has 0 aliphatic heterocycles. The Morgan fingerprint density at radius 2 is 1.78 bits per heavy atom. The Bertz CT molecular complexity index is 1680. The maximum Gasteiger partial charge on any atom is 0.267 e. The number of anilines is 2. The van der Waals surface area contributed by atoms with Crippen LogP contribution in [0, 0.1) is 11.8 Å². The number of halogens is 1. The first-order valence-corrected chi connectivity index (χ1v) is 11.5. The van der Waals surface area contributed by atoms with E-state index in [0.717, 1.165) is 0 Å². The van der Waals surface area contributed by atoms with E-state index >= 15 is 0 Å². The highest BCUT2D eigenvalue weighted by Gasteiger charge is 2.21. The van der Waals surface area contributed by atoms with Gasteiger partial charge < -0.3 is 11.1 Å². The summed E-state index contributed by atoms with van der Waals surface area (Å²) < 4.78 is 1.55. The van der Waals surface area contributed by atoms with Gasteiger partial charge in [0.05, 0.1) is 27.7 Å². The van der Waals surface area contributed by atoms with E-state index in [1.54, 1.807) is 35.0 Å². The first-order chi connectivity index (χ1) is 17.5. The number of fused-ring (bicyclic) bond motifs is 1. The highest BCUT2D eigenvalue weighted by molar-refractivity contribution is 6.35. The Hall–Kier alpha value is -4.74. The van der Waals surface area contributed by atoms with Crippen LogP contribution in [0.1, 0.15) is 30.0 Å². The minimum absolute atomic E-state index is 0.224. The van der Waals surface area contributed by atoms with Gasteiger partial charge in [-0.05, 0) is 49.2 Å². The van der Waals surface area contributed by atoms with E-state index in [-0.39, 0.29) is 11.4 Å². The number of nitrogens with two attached hydrogens (primary N) is 1. The summed E-state index contributed by atoms with van der Waals surface area (Å²) in [6, 6.07) is 19.5. The lowest BCUT2D eigenvalue weighted by molar-refractivity contribution is 0.730. The minimum Gasteiger partial charge on any atom is -0.382 e. The predicted molar refractivity (Wildman–Crippen MR) is 141 cm³/mol. The van der Waals surface area contributed by atoms with Gasteiger partial charge in [-0.1, -0.05) is 47.9 Å². The molecule has 3 aromatic heterocycles. The number of para-hydroxylation sites is 1. The fraction of sp³-hybridized carbons (Fsp3) is 0.0741. The average molecular weight is 494 g/mol. The van der Waals surface area contributed by atoms with Crippen molar-refractivity contribution in [1.29, 1.82) is 0 Å². The van der Waals surface area contributed by atoms with E-state index in [0.29, 0.717) is 44.5 Å². The lowest BCUT2D eigenvalue weighted by atomic mass is 10.2. The summed E-state index contributed by atoms with van der Waals surface area (Å²) in [5.74, 6) is 7.12. The summed E-state index contributed by atoms with van der Waals surface area (Å²) in [5.41, 5.74) is 8.05. The molecule has 0 aliphatic carbocycles. The monoisotopic (exact) mass is 493 g/mol. The van der Waals surface area contributed by atoms with E-state index in [2.05, 4.69) is 32.1 Å². The molecule has 0 amide bonds. The highest BCUT2D eigenvalue weighted by atomic mass is 35.5. The van der Waals surface area contributed by atoms with Gasteiger partial charge in [-0.15, -0.1) is 0 Å². The third-order valence-corrected chi connectivity index (χ3v) is 5.80. The third kappa shape index (κ3) is 4.48. The molecule has 0 spiro atoms. The molecule has 3 N–H and O–H groups in total. The molecule has 0 aliphatic rings. The average Bonchev–Trinajstić information content (AvgIpc) is 2.89. The van der Waals surface area contributed by atoms with Gasteiger partial charge in [-0.25, -0.2) is 19.9 Å². The van der Waals surface area contributed by atoms with Crippen molar-refractivity contribution < 1.29 is 0 Å². The molecule has 5 aromatic rings. The van der Waals surface area contributed by atoms with Crippen molar-refractivity contribution in [1.82, 2.24) is 24.5 Å². The van der Waals surface area contributed by atoms with Crippen LogP contribution >= 0.6 is 11.6 Å². The topological polar surface area (TPSA) is 112 Å². The Morgan fingerprint density at radius 3 is 2.56 bits per heavy atom. The van der Waals surface area contributed by atoms with Crippen LogP contribution in [0.3, 0.4) is 0 Å². The number of pyridine rings is 1. The summed E-state index contributed by atoms with van der Waals surface area (Å²) in [6.45, 7) is 1.88. The van der Waals surface area contributed by atoms with Gasteiger partial charge in [0, 0.05) is 6.20 Å². The lowest BCUT2D eigenvalue weighted by Gasteiger charge is -2.21. The number of nitrogens with one attached hydrogen (secondary N) is 1. The number of nitrogens with zero attached hydrogens (tertiary/aromatic N) is 5. The molecular formula is C27H20ClN7O. The van der Waals surface area contributed by atoms with E-state index in [1.165, 1.54) is 6.33 Å². The molecule has 8 nitrogen and oxygen atoms in total. The van der Waals surface area contributed by atoms with Gasteiger partial charge in [-0.2, -0.15) is 0 Å². The normalized spacial score (nSPS) is 11.5. The molecule has 36 heavy (non-hydrogen) atoms. The molecule has 9 heteroatoms. The first kappa shape index (κ1) is 23.0. The van der Waals surface area contributed by atoms with Gasteiger partial charge >= 0.3 is 0 Å². The fourth-order valence-corrected chi connectivity index (χ4v) is 4.04. The van der Waals surface area contributed by atoms with Crippen molar-refractivity contribution in [2.24, 2.45) is 0 Å². The Morgan fingerprint density at radius 1 is 0.972 bits per heavy atom. The number of benzene rings is 2. The van der Waals surface area contributed by atoms with Gasteiger partial charge in [0.1, 0.15) is 35.0 Å². The van der Waals surface area contributed by atoms with Gasteiger partial charge in [-0.3, -0.25) is 9.36 Å². The first-order valence-electron chi connectivity index (χ1n) is 11.1. The van der Waals surface area contributed by atoms with Crippen LogP contribution < -0.4 is 16.6 Å². The Kier molecular flexibility index (Phi) is 6.31. The summed E-state index contributed by atoms with van der Waals surface area (Å²) >= 11 is 6.39. The third-order valence-electron chi connectivity index (χ3n) is 5.48. The van der Waals surface area contributed by atoms with Crippen LogP contribution in [-0.2, 0) is 0 Å². The van der Waals surface area contributed by atoms with Gasteiger partial charge in [0.25, 0.3) is 5.56 Å². The second-order valence-corrected chi connectivity index (χ2v) is 8.30. The molecule has 5 rings (SSSR count). The molecule has 0 radical (unpaired) electrons. The molecule has 3 heterocycles. The van der Waals surface area contributed by atoms with Crippen molar-refractivity contribution in [3.8, 4) is 17.5 Å². The van der Waals surface area contributed by atoms with Gasteiger partial charge in [0.2, 0.25) is 0 Å². The number of hydrogen-bond acceptors (Lipinski definition) is 7. The van der Waals surface area contributed by atoms with E-state index < -0.39 is 6.04 Å². The van der Waals surface area contributed by atoms with Crippen LogP contribution in [0.2, 0.25) is 5.02 Å². The molecule has 1 atom stereocenters. The standard InChI is InChI=1S/C27H20ClN7O/c1-17(33-25-20(24(29)31-16-32-25)14-13-18-8-5-6-15-30-18)26-34-22-12-7-11-21(28)23(22)27(36)35(26)19-9-3-2-4-10-19/h2-12,15-17H,1H3,(H3,29,31,32,33). The minimum atomic E-state index is -0.467. The van der Waals surface area contributed by atoms with Crippen molar-refractivity contribution in [3.63, 3.8) is 0 Å². The van der Waals surface area contributed by atoms with E-state index in [4.69, 9.17) is 22.3 Å². The second kappa shape index (κ2) is 9.86. The summed E-state index contributed by atoms with van der Waals surface area (Å²) in [7, 11) is 0. The molecule has 2 aromatic carbocycles. The summed E-state index contributed by atoms with van der Waals surface area (Å²) in [4.78, 5) is 31.1. The maximum absolute atomic E-state index is 13.6. The Labute approximate surface area is 211 Å². The SMILES string of the molecule is CC(Nc1ncnc(N)c1C#Cc1ccccn1)c1nc2cccc(Cl)c2c(=O)n1-c1ccccc1. The molecule has 0 saturated heterocycles. The van der Waals surface area contributed by atoms with Crippen molar-refractivity contribution in [2.75, 3.05) is 11.1 Å². The number of rotatable bonds is 4. The van der Waals surface area contributed by atoms with Crippen LogP contribution in [-0.4, -0.2) is 24.5 Å². The second-order valence-electron chi connectivity index (χ2n) is 7.89. The summed E-state index contributed by atoms with van der Waals surface area (Å²) in [5, 5.41) is 4.01. The number of hydrogen-bond donors (Lipinski definition) is 2. The lowest BCUT2D eigenvalue weighted by Crippen LogP contribution is -2.27. The molecule has 176 valence electrons. The largest absolute Gasteiger partial charge is 0.382 e. The molecule has 0 bridgehead atoms. The van der Waals surface area contributed by atoms with Crippen molar-refractivity contribution in [2.45, 2.75) is 13.0 Å². The van der Waals surface area contributed by atoms with Crippen LogP contribution in [0.15, 0.2) is 84.0 Å². The quantitative estimate of drug-likeness (QED) is 0.357. The van der Waals surface area contributed by atoms with Crippen molar-refractivity contribution >= 4 is 34.1 Å². The molecule has 0 saturated carbocycles. The van der Waals surface area contributed by atoms with Gasteiger partial charge in [0.15, 0.2) is 0 Å². The zero-order valence-corrected chi connectivity index (χ0v) is 19.9. The van der Waals surface area contributed by atoms with Crippen LogP contribution in [0.4, 0.5) is 11.6 Å². The van der Waals surface area contributed by atoms with Crippen LogP contribution in [0.5, 0.6) is 0 Å². The fourth-order valence-electron chi connectivity index (χ4n) is 3.79. The number of aromatic nitrogens is 5. The van der Waals surface area contributed by atoms with E-state index in [9.17, 15) is 4.79 Å². The highest BCUT2D eigenvalue weighted by Crippen LogP contribution is 2.26. The molecular weight excluding hydrogens is 474 g/mol. The predicted octanol–water partition coefficient (Wildman–Crippen LogP) is 4.38. The summed E-state index contributed by atoms with van der Waals surface area (Å²) in [6.07, 6.45) is 3.02. The zero-order chi connectivity index (χ0) is 25.1. The smallest absolute Gasteiger partial charge is 0.267 e. The maximum atomic E-state index is 13.6.